The largest absolute Gasteiger partial charge is 0.363 e. The molecule has 0 aliphatic heterocycles. The van der Waals surface area contributed by atoms with Gasteiger partial charge in [0.1, 0.15) is 5.82 Å². The summed E-state index contributed by atoms with van der Waals surface area (Å²) >= 11 is 0. The molecule has 0 radical (unpaired) electrons. The highest BCUT2D eigenvalue weighted by Crippen LogP contribution is 2.11. The van der Waals surface area contributed by atoms with Crippen LogP contribution in [0, 0.1) is 6.92 Å². The zero-order valence-electron chi connectivity index (χ0n) is 14.0. The van der Waals surface area contributed by atoms with Gasteiger partial charge < -0.3 is 0 Å². The predicted molar refractivity (Wildman–Crippen MR) is 77.8 cm³/mol. The average Bonchev–Trinajstić information content (AvgIpc) is 2.86. The van der Waals surface area contributed by atoms with Crippen molar-refractivity contribution in [3.8, 4) is 0 Å². The molecule has 0 bridgehead atoms. The molecular weight excluding hydrogens is 272 g/mol. The molecule has 0 N–H and O–H groups in total. The first-order chi connectivity index (χ1) is 9.44. The zero-order chi connectivity index (χ0) is 16.4. The first-order valence-corrected chi connectivity index (χ1v) is 6.69. The summed E-state index contributed by atoms with van der Waals surface area (Å²) in [6.45, 7) is 13.8. The van der Waals surface area contributed by atoms with Gasteiger partial charge in [0.15, 0.2) is 0 Å². The van der Waals surface area contributed by atoms with Crippen molar-refractivity contribution >= 4 is 0 Å². The quantitative estimate of drug-likeness (QED) is 0.701. The summed E-state index contributed by atoms with van der Waals surface area (Å²) in [5.74, 6) is 0.854. The van der Waals surface area contributed by atoms with E-state index in [4.69, 9.17) is 0 Å². The lowest BCUT2D eigenvalue weighted by atomic mass is 10.1. The fraction of sp³-hybridized carbons (Fsp3) is 0.833. The maximum Gasteiger partial charge on any atom is 0.363 e. The van der Waals surface area contributed by atoms with Gasteiger partial charge in [-0.05, 0) is 69.3 Å². The molecular formula is C12H24N8O. The summed E-state index contributed by atoms with van der Waals surface area (Å²) in [6.07, 6.45) is 0. The van der Waals surface area contributed by atoms with Gasteiger partial charge in [-0.1, -0.05) is 0 Å². The molecule has 0 saturated carbocycles. The number of aryl methyl sites for hydroxylation is 2. The van der Waals surface area contributed by atoms with Crippen LogP contribution >= 0.6 is 0 Å². The van der Waals surface area contributed by atoms with Gasteiger partial charge in [0.2, 0.25) is 0 Å². The molecule has 9 heteroatoms. The van der Waals surface area contributed by atoms with Crippen LogP contribution in [0.5, 0.6) is 0 Å². The standard InChI is InChI=1S/C6H12N4O.C6H12N4/c1-6(2,3)10-5(11)9(4)7-8-10;1-5-7-8-9-10(5)6(2,3)4/h1-4H3;1-4H3. The minimum Gasteiger partial charge on any atom is -0.244 e. The maximum absolute atomic E-state index is 11.2. The smallest absolute Gasteiger partial charge is 0.244 e. The Morgan fingerprint density at radius 3 is 1.57 bits per heavy atom. The molecule has 21 heavy (non-hydrogen) atoms. The third-order valence-corrected chi connectivity index (χ3v) is 2.62. The van der Waals surface area contributed by atoms with Crippen LogP contribution in [0.4, 0.5) is 0 Å². The van der Waals surface area contributed by atoms with Crippen LogP contribution in [0.2, 0.25) is 0 Å². The van der Waals surface area contributed by atoms with E-state index >= 15 is 0 Å². The zero-order valence-corrected chi connectivity index (χ0v) is 14.0. The summed E-state index contributed by atoms with van der Waals surface area (Å²) in [6, 6.07) is 0. The Labute approximate surface area is 123 Å². The second-order valence-electron chi connectivity index (χ2n) is 6.78. The van der Waals surface area contributed by atoms with Crippen LogP contribution in [0.1, 0.15) is 47.4 Å². The highest BCUT2D eigenvalue weighted by atomic mass is 16.2. The van der Waals surface area contributed by atoms with Gasteiger partial charge >= 0.3 is 5.69 Å². The fourth-order valence-corrected chi connectivity index (χ4v) is 1.59. The number of nitrogens with zero attached hydrogens (tertiary/aromatic N) is 8. The third-order valence-electron chi connectivity index (χ3n) is 2.62. The second kappa shape index (κ2) is 5.74. The topological polar surface area (TPSA) is 96.3 Å². The molecule has 0 spiro atoms. The molecule has 2 heterocycles. The highest BCUT2D eigenvalue weighted by Gasteiger charge is 2.18. The fourth-order valence-electron chi connectivity index (χ4n) is 1.59. The molecule has 0 amide bonds. The Balaban J connectivity index is 0.000000211. The molecule has 0 aromatic carbocycles. The van der Waals surface area contributed by atoms with Crippen molar-refractivity contribution in [2.75, 3.05) is 0 Å². The molecule has 0 fully saturated rings. The van der Waals surface area contributed by atoms with E-state index in [2.05, 4.69) is 46.7 Å². The van der Waals surface area contributed by atoms with E-state index in [-0.39, 0.29) is 16.8 Å². The van der Waals surface area contributed by atoms with Crippen LogP contribution in [0.15, 0.2) is 4.79 Å². The third kappa shape index (κ3) is 4.20. The van der Waals surface area contributed by atoms with Gasteiger partial charge in [-0.2, -0.15) is 9.36 Å². The number of hydrogen-bond acceptors (Lipinski definition) is 6. The van der Waals surface area contributed by atoms with Crippen molar-refractivity contribution < 1.29 is 0 Å². The molecule has 118 valence electrons. The molecule has 2 aromatic heterocycles. The van der Waals surface area contributed by atoms with Crippen LogP contribution in [-0.2, 0) is 18.1 Å². The molecule has 0 saturated heterocycles. The van der Waals surface area contributed by atoms with E-state index in [0.717, 1.165) is 5.82 Å². The van der Waals surface area contributed by atoms with Gasteiger partial charge in [0.25, 0.3) is 0 Å². The highest BCUT2D eigenvalue weighted by molar-refractivity contribution is 4.81. The van der Waals surface area contributed by atoms with E-state index in [0.29, 0.717) is 0 Å². The van der Waals surface area contributed by atoms with Crippen molar-refractivity contribution in [2.45, 2.75) is 59.5 Å². The van der Waals surface area contributed by atoms with Crippen LogP contribution in [0.25, 0.3) is 0 Å². The number of aromatic nitrogens is 8. The van der Waals surface area contributed by atoms with Crippen LogP contribution in [0.3, 0.4) is 0 Å². The van der Waals surface area contributed by atoms with Gasteiger partial charge in [-0.3, -0.25) is 0 Å². The van der Waals surface area contributed by atoms with Crippen molar-refractivity contribution in [3.63, 3.8) is 0 Å². The molecule has 0 aliphatic rings. The molecule has 2 aromatic rings. The number of hydrogen-bond donors (Lipinski definition) is 0. The summed E-state index contributed by atoms with van der Waals surface area (Å²) in [7, 11) is 1.58. The normalized spacial score (nSPS) is 12.0. The SMILES string of the molecule is Cc1nnnn1C(C)(C)C.Cn1nnn(C(C)(C)C)c1=O. The van der Waals surface area contributed by atoms with E-state index in [1.54, 1.807) is 11.7 Å². The van der Waals surface area contributed by atoms with E-state index in [9.17, 15) is 4.79 Å². The summed E-state index contributed by atoms with van der Waals surface area (Å²) in [5.41, 5.74) is -0.476. The van der Waals surface area contributed by atoms with Crippen molar-refractivity contribution in [3.05, 3.63) is 16.3 Å². The maximum atomic E-state index is 11.2. The molecule has 9 nitrogen and oxygen atoms in total. The first kappa shape index (κ1) is 17.0. The number of rotatable bonds is 0. The number of tetrazole rings is 2. The summed E-state index contributed by atoms with van der Waals surface area (Å²) < 4.78 is 4.37. The lowest BCUT2D eigenvalue weighted by Gasteiger charge is -2.18. The minimum absolute atomic E-state index is 0.00637. The summed E-state index contributed by atoms with van der Waals surface area (Å²) in [4.78, 5) is 11.2. The Morgan fingerprint density at radius 1 is 0.857 bits per heavy atom. The minimum atomic E-state index is -0.286. The predicted octanol–water partition coefficient (Wildman–Crippen LogP) is 0.468. The van der Waals surface area contributed by atoms with Gasteiger partial charge in [-0.25, -0.2) is 9.48 Å². The average molecular weight is 296 g/mol. The lowest BCUT2D eigenvalue weighted by molar-refractivity contribution is 0.336. The lowest BCUT2D eigenvalue weighted by Crippen LogP contribution is -2.35. The van der Waals surface area contributed by atoms with Crippen LogP contribution in [-0.4, -0.2) is 40.0 Å². The van der Waals surface area contributed by atoms with Crippen molar-refractivity contribution in [1.82, 2.24) is 40.0 Å². The van der Waals surface area contributed by atoms with Crippen molar-refractivity contribution in [1.29, 1.82) is 0 Å². The Bertz CT molecular complexity index is 637. The Kier molecular flexibility index (Phi) is 4.65. The molecule has 0 atom stereocenters. The molecule has 0 aliphatic carbocycles. The Hall–Kier alpha value is -2.06. The Morgan fingerprint density at radius 2 is 1.38 bits per heavy atom. The monoisotopic (exact) mass is 296 g/mol. The molecule has 0 unspecified atom stereocenters. The molecule has 2 rings (SSSR count). The van der Waals surface area contributed by atoms with Gasteiger partial charge in [0, 0.05) is 7.05 Å². The first-order valence-electron chi connectivity index (χ1n) is 6.69. The van der Waals surface area contributed by atoms with Gasteiger partial charge in [-0.15, -0.1) is 5.10 Å². The van der Waals surface area contributed by atoms with E-state index in [1.807, 2.05) is 27.7 Å². The summed E-state index contributed by atoms with van der Waals surface area (Å²) in [5, 5.41) is 18.5. The van der Waals surface area contributed by atoms with E-state index in [1.165, 1.54) is 9.36 Å². The second-order valence-corrected chi connectivity index (χ2v) is 6.78. The van der Waals surface area contributed by atoms with Gasteiger partial charge in [0.05, 0.1) is 11.1 Å². The van der Waals surface area contributed by atoms with E-state index < -0.39 is 0 Å². The van der Waals surface area contributed by atoms with Crippen molar-refractivity contribution in [2.24, 2.45) is 7.05 Å². The van der Waals surface area contributed by atoms with Crippen LogP contribution < -0.4 is 5.69 Å².